The topological polar surface area (TPSA) is 86.2 Å². The van der Waals surface area contributed by atoms with Gasteiger partial charge in [0.1, 0.15) is 0 Å². The Hall–Kier alpha value is -1.53. The van der Waals surface area contributed by atoms with E-state index >= 15 is 0 Å². The van der Waals surface area contributed by atoms with Gasteiger partial charge in [-0.15, -0.1) is 0 Å². The van der Waals surface area contributed by atoms with E-state index in [2.05, 4.69) is 9.97 Å². The van der Waals surface area contributed by atoms with Gasteiger partial charge >= 0.3 is 5.97 Å². The molecule has 6 heteroatoms. The summed E-state index contributed by atoms with van der Waals surface area (Å²) in [5, 5.41) is 20.3. The summed E-state index contributed by atoms with van der Waals surface area (Å²) in [5.74, 6) is -0.512. The van der Waals surface area contributed by atoms with Crippen LogP contribution in [0, 0.1) is 5.92 Å². The van der Waals surface area contributed by atoms with Crippen LogP contribution in [0.2, 0.25) is 0 Å². The number of carboxylic acids is 1. The zero-order chi connectivity index (χ0) is 14.9. The summed E-state index contributed by atoms with van der Waals surface area (Å²) in [6.07, 6.45) is 2.17. The number of carbonyl (C=O) groups is 1. The van der Waals surface area contributed by atoms with Crippen LogP contribution in [-0.4, -0.2) is 37.5 Å². The van der Waals surface area contributed by atoms with Crippen molar-refractivity contribution in [3.63, 3.8) is 0 Å². The van der Waals surface area contributed by atoms with E-state index in [1.807, 2.05) is 24.3 Å². The van der Waals surface area contributed by atoms with Gasteiger partial charge in [0.05, 0.1) is 22.6 Å². The molecule has 112 valence electrons. The van der Waals surface area contributed by atoms with Gasteiger partial charge < -0.3 is 15.2 Å². The van der Waals surface area contributed by atoms with Crippen molar-refractivity contribution in [3.05, 3.63) is 24.3 Å². The number of carboxylic acid groups (broad SMARTS) is 1. The lowest BCUT2D eigenvalue weighted by molar-refractivity contribution is -0.144. The van der Waals surface area contributed by atoms with E-state index < -0.39 is 11.6 Å². The first-order valence-electron chi connectivity index (χ1n) is 7.08. The summed E-state index contributed by atoms with van der Waals surface area (Å²) in [6, 6.07) is 7.82. The van der Waals surface area contributed by atoms with Crippen molar-refractivity contribution in [2.45, 2.75) is 36.4 Å². The summed E-state index contributed by atoms with van der Waals surface area (Å²) in [7, 11) is 0. The van der Waals surface area contributed by atoms with E-state index in [1.54, 1.807) is 0 Å². The van der Waals surface area contributed by atoms with E-state index in [0.717, 1.165) is 16.2 Å². The molecule has 0 bridgehead atoms. The van der Waals surface area contributed by atoms with Crippen LogP contribution < -0.4 is 0 Å². The van der Waals surface area contributed by atoms with Gasteiger partial charge in [-0.2, -0.15) is 0 Å². The molecule has 1 heterocycles. The molecule has 1 aromatic heterocycles. The van der Waals surface area contributed by atoms with Crippen LogP contribution in [0.3, 0.4) is 0 Å². The van der Waals surface area contributed by atoms with E-state index in [0.29, 0.717) is 31.4 Å². The number of aromatic nitrogens is 2. The third kappa shape index (κ3) is 3.22. The molecular weight excluding hydrogens is 288 g/mol. The van der Waals surface area contributed by atoms with Crippen molar-refractivity contribution in [2.75, 3.05) is 5.75 Å². The standard InChI is InChI=1S/C15H18N2O3S/c18-13(19)10-5-7-15(20,8-6-10)9-21-14-16-11-3-1-2-4-12(11)17-14/h1-4,10,20H,5-9H2,(H,16,17)(H,18,19). The maximum atomic E-state index is 10.9. The number of nitrogens with zero attached hydrogens (tertiary/aromatic N) is 1. The van der Waals surface area contributed by atoms with E-state index in [9.17, 15) is 9.90 Å². The second kappa shape index (κ2) is 5.69. The Balaban J connectivity index is 1.60. The largest absolute Gasteiger partial charge is 0.481 e. The molecule has 0 unspecified atom stereocenters. The first kappa shape index (κ1) is 14.4. The number of rotatable bonds is 4. The number of fused-ring (bicyclic) bond motifs is 1. The Morgan fingerprint density at radius 2 is 2.10 bits per heavy atom. The molecule has 21 heavy (non-hydrogen) atoms. The van der Waals surface area contributed by atoms with Crippen LogP contribution in [-0.2, 0) is 4.79 Å². The zero-order valence-corrected chi connectivity index (χ0v) is 12.4. The molecule has 0 aliphatic heterocycles. The minimum Gasteiger partial charge on any atom is -0.481 e. The van der Waals surface area contributed by atoms with Gasteiger partial charge in [0.2, 0.25) is 0 Å². The van der Waals surface area contributed by atoms with Crippen LogP contribution in [0.15, 0.2) is 29.4 Å². The molecule has 1 aliphatic rings. The number of thioether (sulfide) groups is 1. The van der Waals surface area contributed by atoms with Crippen molar-refractivity contribution in [2.24, 2.45) is 5.92 Å². The number of para-hydroxylation sites is 2. The summed E-state index contributed by atoms with van der Waals surface area (Å²) in [4.78, 5) is 18.6. The Bertz CT molecular complexity index is 614. The molecule has 0 radical (unpaired) electrons. The first-order valence-corrected chi connectivity index (χ1v) is 8.07. The summed E-state index contributed by atoms with van der Waals surface area (Å²) in [5.41, 5.74) is 1.12. The Labute approximate surface area is 126 Å². The number of hydrogen-bond donors (Lipinski definition) is 3. The highest BCUT2D eigenvalue weighted by atomic mass is 32.2. The molecule has 3 rings (SSSR count). The number of hydrogen-bond acceptors (Lipinski definition) is 4. The molecule has 1 aliphatic carbocycles. The SMILES string of the molecule is O=C(O)C1CCC(O)(CSc2nc3ccccc3[nH]2)CC1. The average molecular weight is 306 g/mol. The molecule has 0 spiro atoms. The van der Waals surface area contributed by atoms with Crippen LogP contribution in [0.5, 0.6) is 0 Å². The van der Waals surface area contributed by atoms with E-state index in [4.69, 9.17) is 5.11 Å². The van der Waals surface area contributed by atoms with Crippen molar-refractivity contribution in [3.8, 4) is 0 Å². The predicted octanol–water partition coefficient (Wildman–Crippen LogP) is 2.66. The quantitative estimate of drug-likeness (QED) is 0.756. The third-order valence-corrected chi connectivity index (χ3v) is 5.26. The highest BCUT2D eigenvalue weighted by molar-refractivity contribution is 7.99. The number of benzene rings is 1. The highest BCUT2D eigenvalue weighted by Gasteiger charge is 2.35. The fourth-order valence-corrected chi connectivity index (χ4v) is 3.79. The second-order valence-corrected chi connectivity index (χ2v) is 6.65. The number of H-pyrrole nitrogens is 1. The summed E-state index contributed by atoms with van der Waals surface area (Å²) >= 11 is 1.50. The lowest BCUT2D eigenvalue weighted by Gasteiger charge is -2.34. The highest BCUT2D eigenvalue weighted by Crippen LogP contribution is 2.36. The number of nitrogens with one attached hydrogen (secondary N) is 1. The normalized spacial score (nSPS) is 26.0. The molecule has 0 atom stereocenters. The lowest BCUT2D eigenvalue weighted by Crippen LogP contribution is -2.38. The molecular formula is C15H18N2O3S. The molecule has 0 saturated heterocycles. The van der Waals surface area contributed by atoms with Gasteiger partial charge in [-0.3, -0.25) is 4.79 Å². The molecule has 3 N–H and O–H groups in total. The van der Waals surface area contributed by atoms with Crippen molar-refractivity contribution in [1.82, 2.24) is 9.97 Å². The fourth-order valence-electron chi connectivity index (χ4n) is 2.75. The van der Waals surface area contributed by atoms with Gasteiger partial charge in [0.15, 0.2) is 5.16 Å². The number of aliphatic carboxylic acids is 1. The van der Waals surface area contributed by atoms with Gasteiger partial charge in [-0.05, 0) is 37.8 Å². The minimum absolute atomic E-state index is 0.304. The first-order chi connectivity index (χ1) is 10.1. The van der Waals surface area contributed by atoms with Crippen LogP contribution in [0.25, 0.3) is 11.0 Å². The van der Waals surface area contributed by atoms with E-state index in [1.165, 1.54) is 11.8 Å². The predicted molar refractivity (Wildman–Crippen MR) is 81.4 cm³/mol. The number of imidazole rings is 1. The summed E-state index contributed by atoms with van der Waals surface area (Å²) < 4.78 is 0. The summed E-state index contributed by atoms with van der Waals surface area (Å²) in [6.45, 7) is 0. The van der Waals surface area contributed by atoms with Crippen molar-refractivity contribution >= 4 is 28.8 Å². The second-order valence-electron chi connectivity index (χ2n) is 5.68. The monoisotopic (exact) mass is 306 g/mol. The number of aromatic amines is 1. The molecule has 1 fully saturated rings. The number of aliphatic hydroxyl groups is 1. The average Bonchev–Trinajstić information content (AvgIpc) is 2.89. The van der Waals surface area contributed by atoms with Gasteiger partial charge in [-0.25, -0.2) is 4.98 Å². The molecule has 2 aromatic rings. The zero-order valence-electron chi connectivity index (χ0n) is 11.6. The Kier molecular flexibility index (Phi) is 3.91. The lowest BCUT2D eigenvalue weighted by atomic mass is 9.80. The maximum absolute atomic E-state index is 10.9. The molecule has 0 amide bonds. The van der Waals surface area contributed by atoms with Gasteiger partial charge in [-0.1, -0.05) is 23.9 Å². The van der Waals surface area contributed by atoms with E-state index in [-0.39, 0.29) is 5.92 Å². The van der Waals surface area contributed by atoms with Gasteiger partial charge in [0, 0.05) is 5.75 Å². The molecule has 1 saturated carbocycles. The smallest absolute Gasteiger partial charge is 0.306 e. The van der Waals surface area contributed by atoms with Crippen LogP contribution in [0.1, 0.15) is 25.7 Å². The maximum Gasteiger partial charge on any atom is 0.306 e. The van der Waals surface area contributed by atoms with Crippen molar-refractivity contribution in [1.29, 1.82) is 0 Å². The Morgan fingerprint density at radius 1 is 1.38 bits per heavy atom. The minimum atomic E-state index is -0.782. The van der Waals surface area contributed by atoms with Gasteiger partial charge in [0.25, 0.3) is 0 Å². The van der Waals surface area contributed by atoms with Crippen LogP contribution >= 0.6 is 11.8 Å². The fraction of sp³-hybridized carbons (Fsp3) is 0.467. The molecule has 1 aromatic carbocycles. The van der Waals surface area contributed by atoms with Crippen molar-refractivity contribution < 1.29 is 15.0 Å². The molecule has 5 nitrogen and oxygen atoms in total. The Morgan fingerprint density at radius 3 is 2.76 bits per heavy atom. The third-order valence-electron chi connectivity index (χ3n) is 4.11. The van der Waals surface area contributed by atoms with Crippen LogP contribution in [0.4, 0.5) is 0 Å².